The Labute approximate surface area is 292 Å². The molecule has 1 unspecified atom stereocenters. The van der Waals surface area contributed by atoms with Crippen molar-refractivity contribution in [3.63, 3.8) is 0 Å². The molecule has 0 saturated heterocycles. The van der Waals surface area contributed by atoms with Crippen LogP contribution < -0.4 is 14.4 Å². The second kappa shape index (κ2) is 16.8. The first-order valence-electron chi connectivity index (χ1n) is 16.5. The van der Waals surface area contributed by atoms with Gasteiger partial charge in [0.25, 0.3) is 10.0 Å². The molecule has 1 aliphatic rings. The number of amides is 2. The Morgan fingerprint density at radius 2 is 1.53 bits per heavy atom. The number of nitrogens with zero attached hydrogens (tertiary/aromatic N) is 2. The highest BCUT2D eigenvalue weighted by atomic mass is 35.5. The number of benzene rings is 4. The molecule has 0 aromatic heterocycles. The minimum atomic E-state index is -4.37. The SMILES string of the molecule is CCOc1ccc(N(CC(=O)N(Cc2ccc(Cl)cc2)C(Cc2ccccc2)C(=O)NC2CCCCC2)S(=O)(=O)c2ccc(F)cc2)cc1. The van der Waals surface area contributed by atoms with Crippen LogP contribution in [0.2, 0.25) is 5.02 Å². The van der Waals surface area contributed by atoms with Gasteiger partial charge in [0.15, 0.2) is 0 Å². The number of hydrogen-bond acceptors (Lipinski definition) is 5. The predicted molar refractivity (Wildman–Crippen MR) is 189 cm³/mol. The van der Waals surface area contributed by atoms with E-state index < -0.39 is 34.3 Å². The van der Waals surface area contributed by atoms with E-state index in [2.05, 4.69) is 5.32 Å². The average molecular weight is 706 g/mol. The molecule has 49 heavy (non-hydrogen) atoms. The third-order valence-corrected chi connectivity index (χ3v) is 10.6. The van der Waals surface area contributed by atoms with Gasteiger partial charge >= 0.3 is 0 Å². The number of halogens is 2. The van der Waals surface area contributed by atoms with Crippen molar-refractivity contribution >= 4 is 39.1 Å². The van der Waals surface area contributed by atoms with Gasteiger partial charge in [0, 0.05) is 24.0 Å². The molecule has 1 atom stereocenters. The molecule has 1 fully saturated rings. The highest BCUT2D eigenvalue weighted by molar-refractivity contribution is 7.92. The van der Waals surface area contributed by atoms with Gasteiger partial charge in [-0.1, -0.05) is 73.3 Å². The zero-order chi connectivity index (χ0) is 34.8. The molecule has 2 amide bonds. The maximum absolute atomic E-state index is 14.7. The van der Waals surface area contributed by atoms with E-state index in [4.69, 9.17) is 16.3 Å². The maximum Gasteiger partial charge on any atom is 0.264 e. The van der Waals surface area contributed by atoms with Gasteiger partial charge < -0.3 is 15.0 Å². The molecule has 4 aromatic carbocycles. The Morgan fingerprint density at radius 3 is 2.16 bits per heavy atom. The van der Waals surface area contributed by atoms with Crippen molar-refractivity contribution in [3.8, 4) is 5.75 Å². The van der Waals surface area contributed by atoms with E-state index in [-0.39, 0.29) is 35.5 Å². The van der Waals surface area contributed by atoms with Crippen molar-refractivity contribution in [3.05, 3.63) is 125 Å². The lowest BCUT2D eigenvalue weighted by molar-refractivity contribution is -0.140. The van der Waals surface area contributed by atoms with Gasteiger partial charge in [-0.2, -0.15) is 0 Å². The first-order chi connectivity index (χ1) is 23.6. The molecule has 0 bridgehead atoms. The van der Waals surface area contributed by atoms with Crippen LogP contribution in [0.5, 0.6) is 5.75 Å². The van der Waals surface area contributed by atoms with Gasteiger partial charge in [-0.3, -0.25) is 13.9 Å². The van der Waals surface area contributed by atoms with E-state index in [0.29, 0.717) is 17.4 Å². The lowest BCUT2D eigenvalue weighted by Crippen LogP contribution is -2.55. The smallest absolute Gasteiger partial charge is 0.264 e. The highest BCUT2D eigenvalue weighted by Gasteiger charge is 2.35. The summed E-state index contributed by atoms with van der Waals surface area (Å²) in [5, 5.41) is 3.72. The van der Waals surface area contributed by atoms with Crippen molar-refractivity contribution in [2.75, 3.05) is 17.5 Å². The second-order valence-electron chi connectivity index (χ2n) is 12.1. The molecular formula is C38H41ClFN3O5S. The van der Waals surface area contributed by atoms with E-state index in [1.165, 1.54) is 4.90 Å². The average Bonchev–Trinajstić information content (AvgIpc) is 3.11. The summed E-state index contributed by atoms with van der Waals surface area (Å²) in [5.41, 5.74) is 1.77. The normalized spacial score (nSPS) is 14.1. The summed E-state index contributed by atoms with van der Waals surface area (Å²) >= 11 is 6.17. The highest BCUT2D eigenvalue weighted by Crippen LogP contribution is 2.28. The Kier molecular flexibility index (Phi) is 12.3. The van der Waals surface area contributed by atoms with E-state index in [0.717, 1.165) is 71.8 Å². The van der Waals surface area contributed by atoms with Crippen molar-refractivity contribution in [1.82, 2.24) is 10.2 Å². The van der Waals surface area contributed by atoms with Crippen molar-refractivity contribution in [2.45, 2.75) is 69.0 Å². The van der Waals surface area contributed by atoms with Crippen LogP contribution in [0.4, 0.5) is 10.1 Å². The molecule has 1 aliphatic carbocycles. The number of anilines is 1. The fourth-order valence-electron chi connectivity index (χ4n) is 6.02. The number of sulfonamides is 1. The number of nitrogens with one attached hydrogen (secondary N) is 1. The Morgan fingerprint density at radius 1 is 0.878 bits per heavy atom. The van der Waals surface area contributed by atoms with Gasteiger partial charge in [0.1, 0.15) is 24.2 Å². The molecule has 11 heteroatoms. The van der Waals surface area contributed by atoms with Gasteiger partial charge in [-0.15, -0.1) is 0 Å². The van der Waals surface area contributed by atoms with Crippen LogP contribution in [0.3, 0.4) is 0 Å². The summed E-state index contributed by atoms with van der Waals surface area (Å²) in [6, 6.07) is 26.2. The second-order valence-corrected chi connectivity index (χ2v) is 14.4. The lowest BCUT2D eigenvalue weighted by atomic mass is 9.94. The largest absolute Gasteiger partial charge is 0.494 e. The van der Waals surface area contributed by atoms with Crippen LogP contribution in [0.15, 0.2) is 108 Å². The number of ether oxygens (including phenoxy) is 1. The first kappa shape index (κ1) is 35.9. The molecule has 0 aliphatic heterocycles. The van der Waals surface area contributed by atoms with E-state index in [1.807, 2.05) is 37.3 Å². The molecule has 0 heterocycles. The third kappa shape index (κ3) is 9.61. The van der Waals surface area contributed by atoms with Crippen LogP contribution in [0, 0.1) is 5.82 Å². The van der Waals surface area contributed by atoms with Gasteiger partial charge in [-0.05, 0) is 91.6 Å². The van der Waals surface area contributed by atoms with Gasteiger partial charge in [-0.25, -0.2) is 12.8 Å². The fourth-order valence-corrected chi connectivity index (χ4v) is 7.56. The fraction of sp³-hybridized carbons (Fsp3) is 0.316. The lowest BCUT2D eigenvalue weighted by Gasteiger charge is -2.35. The van der Waals surface area contributed by atoms with Gasteiger partial charge in [0.05, 0.1) is 17.2 Å². The summed E-state index contributed by atoms with van der Waals surface area (Å²) in [5.74, 6) is -0.950. The first-order valence-corrected chi connectivity index (χ1v) is 18.3. The topological polar surface area (TPSA) is 96.0 Å². The van der Waals surface area contributed by atoms with Crippen molar-refractivity contribution in [1.29, 1.82) is 0 Å². The minimum Gasteiger partial charge on any atom is -0.494 e. The van der Waals surface area contributed by atoms with Crippen molar-refractivity contribution < 1.29 is 27.1 Å². The molecule has 258 valence electrons. The summed E-state index contributed by atoms with van der Waals surface area (Å²) in [4.78, 5) is 30.1. The van der Waals surface area contributed by atoms with Crippen LogP contribution in [0.1, 0.15) is 50.2 Å². The molecular weight excluding hydrogens is 665 g/mol. The van der Waals surface area contributed by atoms with Crippen LogP contribution in [-0.4, -0.2) is 50.4 Å². The summed E-state index contributed by atoms with van der Waals surface area (Å²) in [6.45, 7) is 1.66. The maximum atomic E-state index is 14.7. The number of carbonyl (C=O) groups is 2. The molecule has 1 N–H and O–H groups in total. The summed E-state index contributed by atoms with van der Waals surface area (Å²) < 4.78 is 48.7. The molecule has 8 nitrogen and oxygen atoms in total. The molecule has 1 saturated carbocycles. The van der Waals surface area contributed by atoms with E-state index in [9.17, 15) is 22.4 Å². The standard InChI is InChI=1S/C38H41ClFN3O5S/c1-2-48-34-21-19-33(20-22-34)43(49(46,47)35-23-17-31(40)18-24-35)27-37(44)42(26-29-13-15-30(39)16-14-29)36(25-28-9-5-3-6-10-28)38(45)41-32-11-7-4-8-12-32/h3,5-6,9-10,13-24,32,36H,2,4,7-8,11-12,25-27H2,1H3,(H,41,45). The van der Waals surface area contributed by atoms with Crippen molar-refractivity contribution in [2.24, 2.45) is 0 Å². The predicted octanol–water partition coefficient (Wildman–Crippen LogP) is 7.16. The van der Waals surface area contributed by atoms with Gasteiger partial charge in [0.2, 0.25) is 11.8 Å². The molecule has 0 spiro atoms. The summed E-state index contributed by atoms with van der Waals surface area (Å²) in [7, 11) is -4.37. The number of rotatable bonds is 14. The van der Waals surface area contributed by atoms with E-state index >= 15 is 0 Å². The monoisotopic (exact) mass is 705 g/mol. The number of carbonyl (C=O) groups excluding carboxylic acids is 2. The molecule has 0 radical (unpaired) electrons. The zero-order valence-corrected chi connectivity index (χ0v) is 29.0. The van der Waals surface area contributed by atoms with Crippen LogP contribution >= 0.6 is 11.6 Å². The number of hydrogen-bond donors (Lipinski definition) is 1. The molecule has 4 aromatic rings. The minimum absolute atomic E-state index is 0.00814. The van der Waals surface area contributed by atoms with Crippen LogP contribution in [0.25, 0.3) is 0 Å². The Balaban J connectivity index is 1.56. The zero-order valence-electron chi connectivity index (χ0n) is 27.4. The Bertz CT molecular complexity index is 1780. The summed E-state index contributed by atoms with van der Waals surface area (Å²) in [6.07, 6.45) is 5.07. The molecule has 5 rings (SSSR count). The van der Waals surface area contributed by atoms with Crippen LogP contribution in [-0.2, 0) is 32.6 Å². The third-order valence-electron chi connectivity index (χ3n) is 8.61. The Hall–Kier alpha value is -4.41. The van der Waals surface area contributed by atoms with E-state index in [1.54, 1.807) is 48.5 Å². The quantitative estimate of drug-likeness (QED) is 0.150.